The van der Waals surface area contributed by atoms with Crippen molar-refractivity contribution in [2.45, 2.75) is 6.42 Å². The molecule has 1 fully saturated rings. The van der Waals surface area contributed by atoms with E-state index in [2.05, 4.69) is 10.2 Å². The summed E-state index contributed by atoms with van der Waals surface area (Å²) in [4.78, 5) is 14.0. The van der Waals surface area contributed by atoms with E-state index in [0.29, 0.717) is 13.0 Å². The molecular formula is C14H20N2O2. The van der Waals surface area contributed by atoms with Crippen LogP contribution in [0.3, 0.4) is 0 Å². The van der Waals surface area contributed by atoms with Crippen molar-refractivity contribution in [2.75, 3.05) is 39.4 Å². The lowest BCUT2D eigenvalue weighted by Gasteiger charge is -2.26. The van der Waals surface area contributed by atoms with E-state index in [9.17, 15) is 4.79 Å². The summed E-state index contributed by atoms with van der Waals surface area (Å²) in [7, 11) is 0. The SMILES string of the molecule is O=C(Cc1ccccc1)NCCN1CCOCC1. The summed E-state index contributed by atoms with van der Waals surface area (Å²) in [5.74, 6) is 0.0921. The lowest BCUT2D eigenvalue weighted by atomic mass is 10.1. The molecule has 0 aliphatic carbocycles. The summed E-state index contributed by atoms with van der Waals surface area (Å²) < 4.78 is 5.28. The number of carbonyl (C=O) groups is 1. The van der Waals surface area contributed by atoms with E-state index in [4.69, 9.17) is 4.74 Å². The Morgan fingerprint density at radius 1 is 1.22 bits per heavy atom. The van der Waals surface area contributed by atoms with Gasteiger partial charge in [-0.25, -0.2) is 0 Å². The van der Waals surface area contributed by atoms with Gasteiger partial charge in [-0.05, 0) is 5.56 Å². The molecule has 0 bridgehead atoms. The van der Waals surface area contributed by atoms with E-state index in [1.807, 2.05) is 30.3 Å². The number of rotatable bonds is 5. The number of hydrogen-bond acceptors (Lipinski definition) is 3. The number of nitrogens with zero attached hydrogens (tertiary/aromatic N) is 1. The lowest BCUT2D eigenvalue weighted by Crippen LogP contribution is -2.41. The van der Waals surface area contributed by atoms with Gasteiger partial charge < -0.3 is 10.1 Å². The quantitative estimate of drug-likeness (QED) is 0.833. The molecule has 98 valence electrons. The van der Waals surface area contributed by atoms with Gasteiger partial charge in [-0.15, -0.1) is 0 Å². The second-order valence-electron chi connectivity index (χ2n) is 4.47. The number of hydrogen-bond donors (Lipinski definition) is 1. The largest absolute Gasteiger partial charge is 0.379 e. The van der Waals surface area contributed by atoms with Crippen molar-refractivity contribution in [3.8, 4) is 0 Å². The zero-order valence-corrected chi connectivity index (χ0v) is 10.6. The molecule has 1 heterocycles. The molecule has 4 heteroatoms. The molecule has 1 aliphatic rings. The van der Waals surface area contributed by atoms with Crippen LogP contribution in [0.15, 0.2) is 30.3 Å². The predicted molar refractivity (Wildman–Crippen MR) is 70.4 cm³/mol. The van der Waals surface area contributed by atoms with Gasteiger partial charge >= 0.3 is 0 Å². The highest BCUT2D eigenvalue weighted by Gasteiger charge is 2.10. The van der Waals surface area contributed by atoms with Crippen LogP contribution in [0.2, 0.25) is 0 Å². The third-order valence-electron chi connectivity index (χ3n) is 3.06. The van der Waals surface area contributed by atoms with Crippen molar-refractivity contribution >= 4 is 5.91 Å². The van der Waals surface area contributed by atoms with Gasteiger partial charge in [0.25, 0.3) is 0 Å². The first-order valence-electron chi connectivity index (χ1n) is 6.45. The first-order chi connectivity index (χ1) is 8.84. The minimum absolute atomic E-state index is 0.0921. The Kier molecular flexibility index (Phi) is 5.17. The zero-order valence-electron chi connectivity index (χ0n) is 10.6. The van der Waals surface area contributed by atoms with E-state index in [1.54, 1.807) is 0 Å². The third kappa shape index (κ3) is 4.47. The number of ether oxygens (including phenoxy) is 1. The van der Waals surface area contributed by atoms with E-state index in [0.717, 1.165) is 38.4 Å². The molecule has 2 rings (SSSR count). The fraction of sp³-hybridized carbons (Fsp3) is 0.500. The topological polar surface area (TPSA) is 41.6 Å². The molecule has 0 radical (unpaired) electrons. The van der Waals surface area contributed by atoms with Gasteiger partial charge in [0.05, 0.1) is 19.6 Å². The normalized spacial score (nSPS) is 16.4. The molecule has 18 heavy (non-hydrogen) atoms. The van der Waals surface area contributed by atoms with Gasteiger partial charge in [0.1, 0.15) is 0 Å². The third-order valence-corrected chi connectivity index (χ3v) is 3.06. The smallest absolute Gasteiger partial charge is 0.224 e. The van der Waals surface area contributed by atoms with Gasteiger partial charge in [-0.2, -0.15) is 0 Å². The van der Waals surface area contributed by atoms with Crippen molar-refractivity contribution in [3.63, 3.8) is 0 Å². The molecule has 1 aromatic carbocycles. The van der Waals surface area contributed by atoms with Crippen molar-refractivity contribution in [1.29, 1.82) is 0 Å². The molecule has 1 aliphatic heterocycles. The maximum atomic E-state index is 11.7. The monoisotopic (exact) mass is 248 g/mol. The van der Waals surface area contributed by atoms with Crippen molar-refractivity contribution in [3.05, 3.63) is 35.9 Å². The highest BCUT2D eigenvalue weighted by Crippen LogP contribution is 1.99. The number of benzene rings is 1. The minimum Gasteiger partial charge on any atom is -0.379 e. The summed E-state index contributed by atoms with van der Waals surface area (Å²) >= 11 is 0. The molecule has 1 N–H and O–H groups in total. The fourth-order valence-electron chi connectivity index (χ4n) is 2.02. The van der Waals surface area contributed by atoms with Gasteiger partial charge in [0.15, 0.2) is 0 Å². The number of morpholine rings is 1. The van der Waals surface area contributed by atoms with Crippen molar-refractivity contribution < 1.29 is 9.53 Å². The standard InChI is InChI=1S/C14H20N2O2/c17-14(12-13-4-2-1-3-5-13)15-6-7-16-8-10-18-11-9-16/h1-5H,6-12H2,(H,15,17). The van der Waals surface area contributed by atoms with Crippen molar-refractivity contribution in [1.82, 2.24) is 10.2 Å². The molecule has 0 aromatic heterocycles. The Morgan fingerprint density at radius 3 is 2.67 bits per heavy atom. The predicted octanol–water partition coefficient (Wildman–Crippen LogP) is 0.677. The van der Waals surface area contributed by atoms with Gasteiger partial charge in [0.2, 0.25) is 5.91 Å². The Hall–Kier alpha value is -1.39. The van der Waals surface area contributed by atoms with Gasteiger partial charge in [-0.1, -0.05) is 30.3 Å². The van der Waals surface area contributed by atoms with Crippen LogP contribution in [-0.4, -0.2) is 50.2 Å². The fourth-order valence-corrected chi connectivity index (χ4v) is 2.02. The van der Waals surface area contributed by atoms with Crippen LogP contribution in [0.4, 0.5) is 0 Å². The van der Waals surface area contributed by atoms with Crippen LogP contribution in [0.25, 0.3) is 0 Å². The average Bonchev–Trinajstić information content (AvgIpc) is 2.41. The zero-order chi connectivity index (χ0) is 12.6. The molecule has 0 unspecified atom stereocenters. The molecule has 0 spiro atoms. The Bertz CT molecular complexity index is 361. The molecule has 0 saturated carbocycles. The highest BCUT2D eigenvalue weighted by atomic mass is 16.5. The van der Waals surface area contributed by atoms with Crippen LogP contribution >= 0.6 is 0 Å². The summed E-state index contributed by atoms with van der Waals surface area (Å²) in [5.41, 5.74) is 1.06. The Labute approximate surface area is 108 Å². The van der Waals surface area contributed by atoms with Crippen LogP contribution < -0.4 is 5.32 Å². The summed E-state index contributed by atoms with van der Waals surface area (Å²) in [6.45, 7) is 5.16. The molecule has 1 amide bonds. The van der Waals surface area contributed by atoms with E-state index in [1.165, 1.54) is 0 Å². The first-order valence-corrected chi connectivity index (χ1v) is 6.45. The molecule has 0 atom stereocenters. The minimum atomic E-state index is 0.0921. The average molecular weight is 248 g/mol. The Balaban J connectivity index is 1.62. The number of carbonyl (C=O) groups excluding carboxylic acids is 1. The number of nitrogens with one attached hydrogen (secondary N) is 1. The molecular weight excluding hydrogens is 228 g/mol. The number of amides is 1. The van der Waals surface area contributed by atoms with E-state index < -0.39 is 0 Å². The molecule has 1 saturated heterocycles. The second-order valence-corrected chi connectivity index (χ2v) is 4.47. The highest BCUT2D eigenvalue weighted by molar-refractivity contribution is 5.78. The van der Waals surface area contributed by atoms with E-state index >= 15 is 0 Å². The summed E-state index contributed by atoms with van der Waals surface area (Å²) in [5, 5.41) is 2.96. The van der Waals surface area contributed by atoms with Crippen molar-refractivity contribution in [2.24, 2.45) is 0 Å². The molecule has 1 aromatic rings. The Morgan fingerprint density at radius 2 is 1.94 bits per heavy atom. The maximum Gasteiger partial charge on any atom is 0.224 e. The van der Waals surface area contributed by atoms with Crippen LogP contribution in [0, 0.1) is 0 Å². The van der Waals surface area contributed by atoms with Crippen LogP contribution in [-0.2, 0) is 16.0 Å². The van der Waals surface area contributed by atoms with Gasteiger partial charge in [-0.3, -0.25) is 9.69 Å². The summed E-state index contributed by atoms with van der Waals surface area (Å²) in [6, 6.07) is 9.82. The maximum absolute atomic E-state index is 11.7. The molecule has 4 nitrogen and oxygen atoms in total. The first kappa shape index (κ1) is 13.1. The van der Waals surface area contributed by atoms with E-state index in [-0.39, 0.29) is 5.91 Å². The van der Waals surface area contributed by atoms with Crippen LogP contribution in [0.1, 0.15) is 5.56 Å². The van der Waals surface area contributed by atoms with Gasteiger partial charge in [0, 0.05) is 26.2 Å². The van der Waals surface area contributed by atoms with Crippen LogP contribution in [0.5, 0.6) is 0 Å². The lowest BCUT2D eigenvalue weighted by molar-refractivity contribution is -0.120. The second kappa shape index (κ2) is 7.13. The summed E-state index contributed by atoms with van der Waals surface area (Å²) in [6.07, 6.45) is 0.462.